The Bertz CT molecular complexity index is 573. The van der Waals surface area contributed by atoms with Gasteiger partial charge >= 0.3 is 0 Å². The van der Waals surface area contributed by atoms with Crippen LogP contribution in [0, 0.1) is 0 Å². The standard InChI is InChI=1S/C13H20N4O2S/c1-14-13-5-4-10(9-15-13)20(18,19)16-11-6-8-17-7-2-3-12(11)17/h4-5,9,11-12,16H,2-3,6-8H2,1H3,(H,14,15). The van der Waals surface area contributed by atoms with Crippen LogP contribution in [0.15, 0.2) is 23.2 Å². The highest BCUT2D eigenvalue weighted by Crippen LogP contribution is 2.28. The number of nitrogens with one attached hydrogen (secondary N) is 2. The molecule has 6 nitrogen and oxygen atoms in total. The van der Waals surface area contributed by atoms with Crippen molar-refractivity contribution in [3.05, 3.63) is 18.3 Å². The molecule has 0 amide bonds. The van der Waals surface area contributed by atoms with Crippen LogP contribution in [0.5, 0.6) is 0 Å². The normalized spacial score (nSPS) is 26.6. The smallest absolute Gasteiger partial charge is 0.242 e. The molecule has 1 aromatic rings. The second-order valence-electron chi connectivity index (χ2n) is 5.39. The molecule has 1 aromatic heterocycles. The fourth-order valence-corrected chi connectivity index (χ4v) is 4.42. The Morgan fingerprint density at radius 1 is 1.30 bits per heavy atom. The molecule has 0 aromatic carbocycles. The number of hydrogen-bond donors (Lipinski definition) is 2. The molecule has 20 heavy (non-hydrogen) atoms. The second-order valence-corrected chi connectivity index (χ2v) is 7.11. The van der Waals surface area contributed by atoms with Crippen LogP contribution in [0.25, 0.3) is 0 Å². The molecule has 2 unspecified atom stereocenters. The van der Waals surface area contributed by atoms with Crippen LogP contribution in [0.4, 0.5) is 5.82 Å². The van der Waals surface area contributed by atoms with Crippen molar-refractivity contribution in [2.24, 2.45) is 0 Å². The van der Waals surface area contributed by atoms with Crippen molar-refractivity contribution in [2.45, 2.75) is 36.2 Å². The van der Waals surface area contributed by atoms with Crippen molar-refractivity contribution in [3.8, 4) is 0 Å². The Morgan fingerprint density at radius 2 is 2.15 bits per heavy atom. The molecule has 2 atom stereocenters. The average Bonchev–Trinajstić information content (AvgIpc) is 3.04. The average molecular weight is 296 g/mol. The third kappa shape index (κ3) is 2.53. The van der Waals surface area contributed by atoms with E-state index in [-0.39, 0.29) is 10.9 Å². The van der Waals surface area contributed by atoms with Crippen molar-refractivity contribution in [2.75, 3.05) is 25.5 Å². The van der Waals surface area contributed by atoms with Crippen LogP contribution in [-0.2, 0) is 10.0 Å². The molecule has 2 saturated heterocycles. The Morgan fingerprint density at radius 3 is 2.85 bits per heavy atom. The summed E-state index contributed by atoms with van der Waals surface area (Å²) in [7, 11) is -1.72. The molecule has 2 fully saturated rings. The van der Waals surface area contributed by atoms with Gasteiger partial charge in [0.25, 0.3) is 0 Å². The summed E-state index contributed by atoms with van der Waals surface area (Å²) in [6.45, 7) is 2.09. The zero-order valence-electron chi connectivity index (χ0n) is 11.5. The Labute approximate surface area is 119 Å². The molecule has 3 rings (SSSR count). The number of anilines is 1. The van der Waals surface area contributed by atoms with E-state index in [1.807, 2.05) is 0 Å². The summed E-state index contributed by atoms with van der Waals surface area (Å²) in [5.74, 6) is 0.659. The molecule has 2 N–H and O–H groups in total. The van der Waals surface area contributed by atoms with Crippen LogP contribution >= 0.6 is 0 Å². The fourth-order valence-electron chi connectivity index (χ4n) is 3.17. The number of sulfonamides is 1. The molecule has 0 aliphatic carbocycles. The van der Waals surface area contributed by atoms with E-state index in [4.69, 9.17) is 0 Å². The van der Waals surface area contributed by atoms with E-state index in [2.05, 4.69) is 19.9 Å². The summed E-state index contributed by atoms with van der Waals surface area (Å²) >= 11 is 0. The van der Waals surface area contributed by atoms with Crippen LogP contribution in [0.3, 0.4) is 0 Å². The highest BCUT2D eigenvalue weighted by atomic mass is 32.2. The van der Waals surface area contributed by atoms with Crippen molar-refractivity contribution < 1.29 is 8.42 Å². The van der Waals surface area contributed by atoms with E-state index < -0.39 is 10.0 Å². The van der Waals surface area contributed by atoms with Gasteiger partial charge in [-0.2, -0.15) is 0 Å². The molecule has 7 heteroatoms. The molecule has 0 spiro atoms. The number of hydrogen-bond acceptors (Lipinski definition) is 5. The van der Waals surface area contributed by atoms with Crippen LogP contribution in [0.2, 0.25) is 0 Å². The lowest BCUT2D eigenvalue weighted by Gasteiger charge is -2.21. The summed E-state index contributed by atoms with van der Waals surface area (Å²) in [6.07, 6.45) is 4.55. The SMILES string of the molecule is CNc1ccc(S(=O)(=O)NC2CCN3CCCC23)cn1. The largest absolute Gasteiger partial charge is 0.373 e. The number of pyridine rings is 1. The molecule has 0 bridgehead atoms. The maximum absolute atomic E-state index is 12.4. The lowest BCUT2D eigenvalue weighted by Crippen LogP contribution is -2.42. The molecule has 110 valence electrons. The van der Waals surface area contributed by atoms with Gasteiger partial charge in [0.15, 0.2) is 0 Å². The lowest BCUT2D eigenvalue weighted by molar-refractivity contribution is 0.309. The van der Waals surface area contributed by atoms with Crippen LogP contribution < -0.4 is 10.0 Å². The van der Waals surface area contributed by atoms with Gasteiger partial charge in [0.05, 0.1) is 0 Å². The zero-order chi connectivity index (χ0) is 14.2. The Kier molecular flexibility index (Phi) is 3.66. The minimum Gasteiger partial charge on any atom is -0.373 e. The molecular weight excluding hydrogens is 276 g/mol. The van der Waals surface area contributed by atoms with Gasteiger partial charge in [-0.3, -0.25) is 4.90 Å². The summed E-state index contributed by atoms with van der Waals surface area (Å²) < 4.78 is 27.6. The van der Waals surface area contributed by atoms with Gasteiger partial charge in [0, 0.05) is 31.9 Å². The highest BCUT2D eigenvalue weighted by molar-refractivity contribution is 7.89. The highest BCUT2D eigenvalue weighted by Gasteiger charge is 2.39. The van der Waals surface area contributed by atoms with Crippen LogP contribution in [0.1, 0.15) is 19.3 Å². The van der Waals surface area contributed by atoms with Gasteiger partial charge < -0.3 is 5.32 Å². The van der Waals surface area contributed by atoms with E-state index in [1.54, 1.807) is 19.2 Å². The van der Waals surface area contributed by atoms with Crippen molar-refractivity contribution in [3.63, 3.8) is 0 Å². The van der Waals surface area contributed by atoms with Crippen molar-refractivity contribution >= 4 is 15.8 Å². The van der Waals surface area contributed by atoms with Crippen LogP contribution in [-0.4, -0.2) is 50.5 Å². The van der Waals surface area contributed by atoms with Crippen molar-refractivity contribution in [1.29, 1.82) is 0 Å². The van der Waals surface area contributed by atoms with E-state index in [9.17, 15) is 8.42 Å². The van der Waals surface area contributed by atoms with Gasteiger partial charge in [0.2, 0.25) is 10.0 Å². The van der Waals surface area contributed by atoms with E-state index in [0.717, 1.165) is 25.9 Å². The van der Waals surface area contributed by atoms with Gasteiger partial charge in [-0.15, -0.1) is 0 Å². The number of fused-ring (bicyclic) bond motifs is 1. The third-order valence-electron chi connectivity index (χ3n) is 4.22. The van der Waals surface area contributed by atoms with Gasteiger partial charge in [0.1, 0.15) is 10.7 Å². The second kappa shape index (κ2) is 5.31. The predicted octanol–water partition coefficient (Wildman–Crippen LogP) is 0.638. The number of rotatable bonds is 4. The van der Waals surface area contributed by atoms with Gasteiger partial charge in [-0.25, -0.2) is 18.1 Å². The van der Waals surface area contributed by atoms with Crippen molar-refractivity contribution in [1.82, 2.24) is 14.6 Å². The van der Waals surface area contributed by atoms with E-state index in [1.165, 1.54) is 12.6 Å². The fraction of sp³-hybridized carbons (Fsp3) is 0.615. The topological polar surface area (TPSA) is 74.3 Å². The molecule has 2 aliphatic heterocycles. The van der Waals surface area contributed by atoms with E-state index in [0.29, 0.717) is 11.9 Å². The first kappa shape index (κ1) is 13.8. The first-order chi connectivity index (χ1) is 9.60. The lowest BCUT2D eigenvalue weighted by atomic mass is 10.1. The molecular formula is C13H20N4O2S. The van der Waals surface area contributed by atoms with Gasteiger partial charge in [-0.05, 0) is 37.9 Å². The number of nitrogens with zero attached hydrogens (tertiary/aromatic N) is 2. The summed E-state index contributed by atoms with van der Waals surface area (Å²) in [4.78, 5) is 6.68. The molecule has 3 heterocycles. The summed E-state index contributed by atoms with van der Waals surface area (Å²) in [5, 5.41) is 2.88. The molecule has 2 aliphatic rings. The Hall–Kier alpha value is -1.18. The minimum atomic E-state index is -3.47. The molecule has 0 radical (unpaired) electrons. The van der Waals surface area contributed by atoms with E-state index >= 15 is 0 Å². The Balaban J connectivity index is 1.74. The zero-order valence-corrected chi connectivity index (χ0v) is 12.4. The quantitative estimate of drug-likeness (QED) is 0.853. The maximum Gasteiger partial charge on any atom is 0.242 e. The molecule has 0 saturated carbocycles. The monoisotopic (exact) mass is 296 g/mol. The minimum absolute atomic E-state index is 0.0338. The predicted molar refractivity (Wildman–Crippen MR) is 77.1 cm³/mol. The maximum atomic E-state index is 12.4. The van der Waals surface area contributed by atoms with Gasteiger partial charge in [-0.1, -0.05) is 0 Å². The first-order valence-electron chi connectivity index (χ1n) is 7.00. The summed E-state index contributed by atoms with van der Waals surface area (Å²) in [6, 6.07) is 3.66. The third-order valence-corrected chi connectivity index (χ3v) is 5.69. The number of aromatic nitrogens is 1. The first-order valence-corrected chi connectivity index (χ1v) is 8.49. The summed E-state index contributed by atoms with van der Waals surface area (Å²) in [5.41, 5.74) is 0.